The third-order valence-electron chi connectivity index (χ3n) is 9.09. The number of amides is 4. The summed E-state index contributed by atoms with van der Waals surface area (Å²) in [6, 6.07) is 3.14. The van der Waals surface area contributed by atoms with Crippen LogP contribution in [0, 0.1) is 52.7 Å². The molecule has 44 heavy (non-hydrogen) atoms. The van der Waals surface area contributed by atoms with E-state index in [1.54, 1.807) is 6.92 Å². The van der Waals surface area contributed by atoms with Gasteiger partial charge in [-0.15, -0.1) is 23.2 Å². The second kappa shape index (κ2) is 9.96. The summed E-state index contributed by atoms with van der Waals surface area (Å²) < 4.78 is 87.1. The molecule has 2 heterocycles. The molecule has 6 atom stereocenters. The third-order valence-corrected chi connectivity index (χ3v) is 10.5. The number of phenolic OH excluding ortho intramolecular Hbond substituents is 1. The van der Waals surface area contributed by atoms with Crippen LogP contribution in [-0.4, -0.2) is 49.9 Å². The second-order valence-electron chi connectivity index (χ2n) is 11.2. The lowest BCUT2D eigenvalue weighted by atomic mass is 9.56. The molecule has 4 aliphatic rings. The summed E-state index contributed by atoms with van der Waals surface area (Å²) in [5.41, 5.74) is -2.22. The topological polar surface area (TPSA) is 95.0 Å². The van der Waals surface area contributed by atoms with Crippen molar-refractivity contribution in [3.05, 3.63) is 70.3 Å². The van der Waals surface area contributed by atoms with Crippen LogP contribution in [0.25, 0.3) is 0 Å². The average molecular weight is 661 g/mol. The monoisotopic (exact) mass is 660 g/mol. The maximum absolute atomic E-state index is 15.0. The van der Waals surface area contributed by atoms with Gasteiger partial charge in [0.05, 0.1) is 11.8 Å². The zero-order chi connectivity index (χ0) is 32.2. The summed E-state index contributed by atoms with van der Waals surface area (Å²) in [6.45, 7) is 1.82. The second-order valence-corrected chi connectivity index (χ2v) is 12.4. The number of fused-ring (bicyclic) bond motifs is 4. The summed E-state index contributed by atoms with van der Waals surface area (Å²) in [4.78, 5) is 50.0. The predicted molar refractivity (Wildman–Crippen MR) is 141 cm³/mol. The van der Waals surface area contributed by atoms with E-state index >= 15 is 8.78 Å². The van der Waals surface area contributed by atoms with Crippen LogP contribution in [0.5, 0.6) is 5.75 Å². The van der Waals surface area contributed by atoms with Gasteiger partial charge >= 0.3 is 0 Å². The molecule has 7 nitrogen and oxygen atoms in total. The maximum Gasteiger partial charge on any atom is 0.258 e. The lowest BCUT2D eigenvalue weighted by Crippen LogP contribution is -2.60. The molecule has 0 spiro atoms. The average Bonchev–Trinajstić information content (AvgIpc) is 3.31. The van der Waals surface area contributed by atoms with Crippen LogP contribution >= 0.6 is 23.2 Å². The molecule has 2 aliphatic heterocycles. The van der Waals surface area contributed by atoms with E-state index in [4.69, 9.17) is 23.2 Å². The minimum Gasteiger partial charge on any atom is -0.505 e. The smallest absolute Gasteiger partial charge is 0.258 e. The first-order valence-corrected chi connectivity index (χ1v) is 14.2. The predicted octanol–water partition coefficient (Wildman–Crippen LogP) is 5.20. The van der Waals surface area contributed by atoms with Crippen molar-refractivity contribution in [2.45, 2.75) is 41.9 Å². The highest BCUT2D eigenvalue weighted by Gasteiger charge is 2.77. The molecule has 1 N–H and O–H groups in total. The van der Waals surface area contributed by atoms with Crippen LogP contribution < -0.4 is 4.90 Å². The summed E-state index contributed by atoms with van der Waals surface area (Å²) in [5, 5.41) is 10.8. The van der Waals surface area contributed by atoms with E-state index in [1.165, 1.54) is 6.08 Å². The molecule has 0 bridgehead atoms. The Morgan fingerprint density at radius 3 is 2.11 bits per heavy atom. The number of hydrogen-bond donors (Lipinski definition) is 1. The number of imide groups is 2. The third kappa shape index (κ3) is 3.59. The van der Waals surface area contributed by atoms with Crippen LogP contribution in [0.3, 0.4) is 0 Å². The minimum absolute atomic E-state index is 0.0559. The number of allylic oxidation sites excluding steroid dienone is 2. The number of anilines is 1. The summed E-state index contributed by atoms with van der Waals surface area (Å²) in [6.07, 6.45) is 1.14. The molecule has 2 aliphatic carbocycles. The maximum atomic E-state index is 15.0. The zero-order valence-electron chi connectivity index (χ0n) is 22.4. The Bertz CT molecular complexity index is 1710. The first-order valence-electron chi connectivity index (χ1n) is 13.5. The molecule has 15 heteroatoms. The van der Waals surface area contributed by atoms with Crippen LogP contribution in [0.2, 0.25) is 0 Å². The standard InChI is InChI=1S/C29H20Cl2F6N2O5/c1-2-8-38-24(41)11-7-6-10-13(15(11)25(38)42)9-28(30)26(43)39(22-20(36)18(34)17(33)19(35)21(22)37)27(44)29(28,31)16(10)12-4-3-5-14(32)23(12)40/h3-6,11,13,15-16,40H,2,7-9H2,1H3/t11-,13+,15-,16+,28+,29-/m0/s1. The minimum atomic E-state index is -2.85. The van der Waals surface area contributed by atoms with Crippen molar-refractivity contribution in [2.75, 3.05) is 11.4 Å². The molecule has 0 radical (unpaired) electrons. The van der Waals surface area contributed by atoms with Gasteiger partial charge in [0.25, 0.3) is 11.8 Å². The molecular weight excluding hydrogens is 641 g/mol. The van der Waals surface area contributed by atoms with Crippen LogP contribution in [0.15, 0.2) is 29.8 Å². The normalized spacial score (nSPS) is 31.3. The summed E-state index contributed by atoms with van der Waals surface area (Å²) in [5.74, 6) is -24.2. The highest BCUT2D eigenvalue weighted by Crippen LogP contribution is 2.66. The molecule has 0 aromatic heterocycles. The Hall–Kier alpha value is -3.58. The Morgan fingerprint density at radius 1 is 0.886 bits per heavy atom. The van der Waals surface area contributed by atoms with E-state index in [0.29, 0.717) is 6.42 Å². The van der Waals surface area contributed by atoms with Gasteiger partial charge in [0.2, 0.25) is 17.6 Å². The fraction of sp³-hybridized carbons (Fsp3) is 0.379. The first kappa shape index (κ1) is 30.4. The number of alkyl halides is 2. The Kier molecular flexibility index (Phi) is 6.89. The lowest BCUT2D eigenvalue weighted by molar-refractivity contribution is -0.140. The van der Waals surface area contributed by atoms with Gasteiger partial charge in [-0.2, -0.15) is 0 Å². The van der Waals surface area contributed by atoms with E-state index < -0.39 is 115 Å². The van der Waals surface area contributed by atoms with Crippen LogP contribution in [0.4, 0.5) is 32.0 Å². The van der Waals surface area contributed by atoms with Gasteiger partial charge in [-0.3, -0.25) is 24.1 Å². The van der Waals surface area contributed by atoms with Crippen LogP contribution in [0.1, 0.15) is 37.7 Å². The fourth-order valence-electron chi connectivity index (χ4n) is 7.19. The van der Waals surface area contributed by atoms with E-state index in [1.807, 2.05) is 0 Å². The molecule has 3 fully saturated rings. The zero-order valence-corrected chi connectivity index (χ0v) is 24.0. The number of carbonyl (C=O) groups is 4. The van der Waals surface area contributed by atoms with Crippen molar-refractivity contribution in [3.63, 3.8) is 0 Å². The molecular formula is C29H20Cl2F6N2O5. The van der Waals surface area contributed by atoms with E-state index in [-0.39, 0.29) is 23.4 Å². The van der Waals surface area contributed by atoms with E-state index in [0.717, 1.165) is 23.1 Å². The van der Waals surface area contributed by atoms with Gasteiger partial charge in [0.15, 0.2) is 44.6 Å². The fourth-order valence-corrected chi connectivity index (χ4v) is 8.11. The molecule has 4 amide bonds. The van der Waals surface area contributed by atoms with Crippen LogP contribution in [-0.2, 0) is 19.2 Å². The number of nitrogens with zero attached hydrogens (tertiary/aromatic N) is 2. The van der Waals surface area contributed by atoms with Gasteiger partial charge in [-0.25, -0.2) is 31.2 Å². The molecule has 232 valence electrons. The van der Waals surface area contributed by atoms with Crippen molar-refractivity contribution in [3.8, 4) is 5.75 Å². The number of phenols is 1. The van der Waals surface area contributed by atoms with Gasteiger partial charge in [-0.05, 0) is 31.2 Å². The number of rotatable bonds is 4. The molecule has 0 unspecified atom stereocenters. The van der Waals surface area contributed by atoms with Gasteiger partial charge < -0.3 is 5.11 Å². The van der Waals surface area contributed by atoms with Gasteiger partial charge in [0, 0.05) is 18.0 Å². The van der Waals surface area contributed by atoms with E-state index in [2.05, 4.69) is 0 Å². The number of aromatic hydroxyl groups is 1. The highest BCUT2D eigenvalue weighted by atomic mass is 35.5. The molecule has 6 rings (SSSR count). The van der Waals surface area contributed by atoms with Crippen molar-refractivity contribution < 1.29 is 50.6 Å². The largest absolute Gasteiger partial charge is 0.505 e. The Labute approximate surface area is 255 Å². The quantitative estimate of drug-likeness (QED) is 0.122. The van der Waals surface area contributed by atoms with Crippen molar-refractivity contribution >= 4 is 52.5 Å². The number of likely N-dealkylation sites (tertiary alicyclic amines) is 1. The number of halogens is 8. The number of benzene rings is 2. The molecule has 2 aromatic rings. The number of carbonyl (C=O) groups excluding carboxylic acids is 4. The lowest BCUT2D eigenvalue weighted by Gasteiger charge is -2.50. The SMILES string of the molecule is CCCN1C(=O)[C@H]2[C@H](CC=C3[C@H]2C[C@@]2(Cl)C(=O)N(c4c(F)c(F)c(F)c(F)c4F)C(=O)[C@@]2(Cl)[C@H]3c2cccc(F)c2O)C1=O. The number of para-hydroxylation sites is 1. The first-order chi connectivity index (χ1) is 20.6. The number of hydrogen-bond acceptors (Lipinski definition) is 5. The van der Waals surface area contributed by atoms with Gasteiger partial charge in [-0.1, -0.05) is 30.7 Å². The molecule has 1 saturated carbocycles. The van der Waals surface area contributed by atoms with Crippen molar-refractivity contribution in [1.82, 2.24) is 4.90 Å². The van der Waals surface area contributed by atoms with Crippen molar-refractivity contribution in [2.24, 2.45) is 17.8 Å². The van der Waals surface area contributed by atoms with E-state index in [9.17, 15) is 41.8 Å². The van der Waals surface area contributed by atoms with Gasteiger partial charge in [0.1, 0.15) is 5.69 Å². The van der Waals surface area contributed by atoms with Crippen molar-refractivity contribution in [1.29, 1.82) is 0 Å². The molecule has 2 aromatic carbocycles. The summed E-state index contributed by atoms with van der Waals surface area (Å²) >= 11 is 13.8. The highest BCUT2D eigenvalue weighted by molar-refractivity contribution is 6.58. The summed E-state index contributed by atoms with van der Waals surface area (Å²) in [7, 11) is 0. The Morgan fingerprint density at radius 2 is 1.50 bits per heavy atom. The Balaban J connectivity index is 1.61. The molecule has 2 saturated heterocycles.